The van der Waals surface area contributed by atoms with Crippen LogP contribution in [0.25, 0.3) is 16.9 Å². The van der Waals surface area contributed by atoms with Gasteiger partial charge in [-0.05, 0) is 31.2 Å². The Bertz CT molecular complexity index is 824. The lowest BCUT2D eigenvalue weighted by Gasteiger charge is -2.03. The maximum absolute atomic E-state index is 11.3. The van der Waals surface area contributed by atoms with Gasteiger partial charge in [-0.15, -0.1) is 0 Å². The third-order valence-corrected chi connectivity index (χ3v) is 3.68. The Morgan fingerprint density at radius 1 is 1.25 bits per heavy atom. The summed E-state index contributed by atoms with van der Waals surface area (Å²) in [6.45, 7) is 1.88. The van der Waals surface area contributed by atoms with E-state index < -0.39 is 5.97 Å². The van der Waals surface area contributed by atoms with E-state index in [-0.39, 0.29) is 5.69 Å². The smallest absolute Gasteiger partial charge is 0.352 e. The van der Waals surface area contributed by atoms with E-state index in [1.54, 1.807) is 22.6 Å². The molecule has 0 aliphatic rings. The van der Waals surface area contributed by atoms with Crippen LogP contribution in [0.2, 0.25) is 0 Å². The normalized spacial score (nSPS) is 10.9. The van der Waals surface area contributed by atoms with Gasteiger partial charge >= 0.3 is 5.97 Å². The minimum absolute atomic E-state index is 0.216. The Balaban J connectivity index is 2.32. The van der Waals surface area contributed by atoms with E-state index in [2.05, 4.69) is 20.9 Å². The largest absolute Gasteiger partial charge is 0.477 e. The third kappa shape index (κ3) is 2.00. The van der Waals surface area contributed by atoms with Crippen LogP contribution in [0.5, 0.6) is 0 Å². The summed E-state index contributed by atoms with van der Waals surface area (Å²) in [7, 11) is 0. The van der Waals surface area contributed by atoms with Gasteiger partial charge in [0.05, 0.1) is 5.69 Å². The fourth-order valence-electron chi connectivity index (χ4n) is 2.32. The molecule has 0 saturated heterocycles. The molecule has 0 spiro atoms. The minimum atomic E-state index is -0.961. The van der Waals surface area contributed by atoms with Crippen LogP contribution >= 0.6 is 15.9 Å². The molecule has 4 nitrogen and oxygen atoms in total. The molecule has 0 unspecified atom stereocenters. The number of carboxylic acids is 1. The number of benzene rings is 1. The number of carboxylic acid groups (broad SMARTS) is 1. The highest BCUT2D eigenvalue weighted by molar-refractivity contribution is 9.10. The molecule has 1 aromatic carbocycles. The van der Waals surface area contributed by atoms with E-state index in [1.165, 1.54) is 0 Å². The van der Waals surface area contributed by atoms with Gasteiger partial charge in [0.2, 0.25) is 0 Å². The molecule has 3 rings (SSSR count). The summed E-state index contributed by atoms with van der Waals surface area (Å²) in [5, 5.41) is 9.28. The number of hydrogen-bond donors (Lipinski definition) is 1. The van der Waals surface area contributed by atoms with Crippen molar-refractivity contribution in [2.24, 2.45) is 0 Å². The molecule has 0 atom stereocenters. The molecule has 1 N–H and O–H groups in total. The zero-order valence-electron chi connectivity index (χ0n) is 10.7. The predicted octanol–water partition coefficient (Wildman–Crippen LogP) is 3.77. The molecular weight excluding hydrogens is 320 g/mol. The molecular formula is C15H11BrN2O2. The number of hydrogen-bond acceptors (Lipinski definition) is 2. The predicted molar refractivity (Wildman–Crippen MR) is 80.0 cm³/mol. The number of fused-ring (bicyclic) bond motifs is 1. The van der Waals surface area contributed by atoms with Gasteiger partial charge in [0, 0.05) is 15.7 Å². The minimum Gasteiger partial charge on any atom is -0.477 e. The lowest BCUT2D eigenvalue weighted by molar-refractivity contribution is 0.0688. The maximum Gasteiger partial charge on any atom is 0.352 e. The van der Waals surface area contributed by atoms with Crippen LogP contribution in [0.1, 0.15) is 16.2 Å². The molecule has 100 valence electrons. The van der Waals surface area contributed by atoms with Gasteiger partial charge in [0.25, 0.3) is 0 Å². The summed E-state index contributed by atoms with van der Waals surface area (Å²) in [5.41, 5.74) is 3.42. The van der Waals surface area contributed by atoms with Crippen LogP contribution in [0.15, 0.2) is 46.9 Å². The number of aromatic nitrogens is 2. The highest BCUT2D eigenvalue weighted by Gasteiger charge is 2.15. The molecule has 0 aliphatic heterocycles. The molecule has 0 amide bonds. The number of pyridine rings is 1. The Labute approximate surface area is 123 Å². The lowest BCUT2D eigenvalue weighted by atomic mass is 10.1. The summed E-state index contributed by atoms with van der Waals surface area (Å²) in [6, 6.07) is 12.9. The van der Waals surface area contributed by atoms with Crippen molar-refractivity contribution in [3.8, 4) is 11.3 Å². The fraction of sp³-hybridized carbons (Fsp3) is 0.0667. The standard InChI is InChI=1S/C15H11BrN2O2/c1-9-14(10-4-2-5-11(16)8-10)17-13-7-3-6-12(15(19)20)18(9)13/h2-8H,1H3,(H,19,20). The average molecular weight is 331 g/mol. The van der Waals surface area contributed by atoms with E-state index in [1.807, 2.05) is 31.2 Å². The lowest BCUT2D eigenvalue weighted by Crippen LogP contribution is -2.05. The van der Waals surface area contributed by atoms with E-state index in [9.17, 15) is 9.90 Å². The maximum atomic E-state index is 11.3. The molecule has 20 heavy (non-hydrogen) atoms. The van der Waals surface area contributed by atoms with Crippen LogP contribution in [-0.2, 0) is 0 Å². The van der Waals surface area contributed by atoms with E-state index >= 15 is 0 Å². The summed E-state index contributed by atoms with van der Waals surface area (Å²) < 4.78 is 2.63. The first-order chi connectivity index (χ1) is 9.58. The van der Waals surface area contributed by atoms with E-state index in [0.29, 0.717) is 5.65 Å². The van der Waals surface area contributed by atoms with Crippen molar-refractivity contribution in [1.29, 1.82) is 0 Å². The zero-order chi connectivity index (χ0) is 14.3. The second-order valence-corrected chi connectivity index (χ2v) is 5.38. The first kappa shape index (κ1) is 12.9. The van der Waals surface area contributed by atoms with Crippen molar-refractivity contribution in [2.75, 3.05) is 0 Å². The highest BCUT2D eigenvalue weighted by atomic mass is 79.9. The van der Waals surface area contributed by atoms with Gasteiger partial charge < -0.3 is 5.11 Å². The fourth-order valence-corrected chi connectivity index (χ4v) is 2.71. The number of halogens is 1. The number of aromatic carboxylic acids is 1. The number of rotatable bonds is 2. The molecule has 0 saturated carbocycles. The first-order valence-electron chi connectivity index (χ1n) is 6.05. The van der Waals surface area contributed by atoms with Crippen LogP contribution in [0.3, 0.4) is 0 Å². The van der Waals surface area contributed by atoms with Gasteiger partial charge in [-0.3, -0.25) is 4.40 Å². The van der Waals surface area contributed by atoms with Crippen LogP contribution in [0.4, 0.5) is 0 Å². The Hall–Kier alpha value is -2.14. The Morgan fingerprint density at radius 2 is 2.00 bits per heavy atom. The summed E-state index contributed by atoms with van der Waals surface area (Å²) in [5.74, 6) is -0.961. The summed E-state index contributed by atoms with van der Waals surface area (Å²) in [6.07, 6.45) is 0. The molecule has 2 heterocycles. The van der Waals surface area contributed by atoms with Crippen LogP contribution in [0, 0.1) is 6.92 Å². The first-order valence-corrected chi connectivity index (χ1v) is 6.84. The molecule has 5 heteroatoms. The summed E-state index contributed by atoms with van der Waals surface area (Å²) >= 11 is 3.44. The molecule has 0 aliphatic carbocycles. The van der Waals surface area contributed by atoms with Crippen LogP contribution < -0.4 is 0 Å². The number of carbonyl (C=O) groups is 1. The third-order valence-electron chi connectivity index (χ3n) is 3.19. The van der Waals surface area contributed by atoms with Crippen molar-refractivity contribution in [1.82, 2.24) is 9.38 Å². The van der Waals surface area contributed by atoms with Crippen molar-refractivity contribution in [3.63, 3.8) is 0 Å². The van der Waals surface area contributed by atoms with Crippen molar-refractivity contribution < 1.29 is 9.90 Å². The number of aryl methyl sites for hydroxylation is 1. The Morgan fingerprint density at radius 3 is 2.70 bits per heavy atom. The molecule has 0 radical (unpaired) electrons. The van der Waals surface area contributed by atoms with Gasteiger partial charge in [-0.2, -0.15) is 0 Å². The van der Waals surface area contributed by atoms with Gasteiger partial charge in [0.1, 0.15) is 11.3 Å². The van der Waals surface area contributed by atoms with E-state index in [4.69, 9.17) is 0 Å². The SMILES string of the molecule is Cc1c(-c2cccc(Br)c2)nc2cccc(C(=O)O)n12. The van der Waals surface area contributed by atoms with Gasteiger partial charge in [0.15, 0.2) is 0 Å². The summed E-state index contributed by atoms with van der Waals surface area (Å²) in [4.78, 5) is 15.9. The second kappa shape index (κ2) is 4.76. The quantitative estimate of drug-likeness (QED) is 0.778. The Kier molecular flexibility index (Phi) is 3.06. The molecule has 0 fully saturated rings. The topological polar surface area (TPSA) is 54.6 Å². The van der Waals surface area contributed by atoms with Gasteiger partial charge in [-0.1, -0.05) is 34.1 Å². The zero-order valence-corrected chi connectivity index (χ0v) is 12.3. The highest BCUT2D eigenvalue weighted by Crippen LogP contribution is 2.27. The molecule has 0 bridgehead atoms. The van der Waals surface area contributed by atoms with E-state index in [0.717, 1.165) is 21.4 Å². The second-order valence-electron chi connectivity index (χ2n) is 4.47. The molecule has 3 aromatic rings. The monoisotopic (exact) mass is 330 g/mol. The number of nitrogens with zero attached hydrogens (tertiary/aromatic N) is 2. The number of imidazole rings is 1. The van der Waals surface area contributed by atoms with Crippen LogP contribution in [-0.4, -0.2) is 20.5 Å². The van der Waals surface area contributed by atoms with Crippen molar-refractivity contribution in [3.05, 3.63) is 58.3 Å². The molecule has 2 aromatic heterocycles. The van der Waals surface area contributed by atoms with Crippen molar-refractivity contribution >= 4 is 27.5 Å². The van der Waals surface area contributed by atoms with Gasteiger partial charge in [-0.25, -0.2) is 9.78 Å². The van der Waals surface area contributed by atoms with Crippen molar-refractivity contribution in [2.45, 2.75) is 6.92 Å². The average Bonchev–Trinajstić information content (AvgIpc) is 2.76.